The molecule has 0 aliphatic heterocycles. The van der Waals surface area contributed by atoms with Gasteiger partial charge in [-0.05, 0) is 23.4 Å². The lowest BCUT2D eigenvalue weighted by Crippen LogP contribution is -1.92. The fourth-order valence-corrected chi connectivity index (χ4v) is 0.816. The highest BCUT2D eigenvalue weighted by Gasteiger charge is 1.98. The zero-order valence-electron chi connectivity index (χ0n) is 6.12. The zero-order chi connectivity index (χ0) is 8.23. The normalized spacial score (nSPS) is 9.67. The Labute approximate surface area is 68.5 Å². The highest BCUT2D eigenvalue weighted by molar-refractivity contribution is 5.50. The Hall–Kier alpha value is -1.91. The van der Waals surface area contributed by atoms with Gasteiger partial charge in [-0.25, -0.2) is 0 Å². The summed E-state index contributed by atoms with van der Waals surface area (Å²) in [7, 11) is 0. The number of rotatable bonds is 1. The second-order valence-electron chi connectivity index (χ2n) is 2.11. The van der Waals surface area contributed by atoms with E-state index in [1.807, 2.05) is 6.07 Å². The molecule has 5 heteroatoms. The molecule has 0 aliphatic rings. The summed E-state index contributed by atoms with van der Waals surface area (Å²) >= 11 is 0. The maximum Gasteiger partial charge on any atom is 0.117 e. The predicted molar refractivity (Wildman–Crippen MR) is 40.9 cm³/mol. The summed E-state index contributed by atoms with van der Waals surface area (Å²) in [6, 6.07) is 5.35. The summed E-state index contributed by atoms with van der Waals surface area (Å²) in [5, 5.41) is 18.4. The molecule has 5 nitrogen and oxygen atoms in total. The Morgan fingerprint density at radius 2 is 1.75 bits per heavy atom. The monoisotopic (exact) mass is 159 g/mol. The minimum absolute atomic E-state index is 0.679. The van der Waals surface area contributed by atoms with Gasteiger partial charge in [-0.1, -0.05) is 0 Å². The van der Waals surface area contributed by atoms with E-state index in [4.69, 9.17) is 0 Å². The van der Waals surface area contributed by atoms with E-state index in [1.54, 1.807) is 24.5 Å². The van der Waals surface area contributed by atoms with Crippen LogP contribution < -0.4 is 0 Å². The van der Waals surface area contributed by atoms with Gasteiger partial charge in [-0.2, -0.15) is 5.10 Å². The number of aromatic nitrogens is 5. The van der Waals surface area contributed by atoms with Crippen LogP contribution in [0.5, 0.6) is 0 Å². The lowest BCUT2D eigenvalue weighted by molar-refractivity contribution is 0.863. The van der Waals surface area contributed by atoms with Crippen molar-refractivity contribution in [2.24, 2.45) is 0 Å². The van der Waals surface area contributed by atoms with Gasteiger partial charge in [0.25, 0.3) is 0 Å². The van der Waals surface area contributed by atoms with Crippen molar-refractivity contribution >= 4 is 0 Å². The van der Waals surface area contributed by atoms with Gasteiger partial charge in [-0.15, -0.1) is 15.3 Å². The van der Waals surface area contributed by atoms with E-state index in [1.165, 1.54) is 0 Å². The van der Waals surface area contributed by atoms with Crippen LogP contribution in [-0.2, 0) is 0 Å². The maximum absolute atomic E-state index is 3.87. The van der Waals surface area contributed by atoms with Gasteiger partial charge in [0.15, 0.2) is 0 Å². The first kappa shape index (κ1) is 6.78. The second kappa shape index (κ2) is 3.00. The molecule has 2 aromatic rings. The molecule has 2 aromatic heterocycles. The van der Waals surface area contributed by atoms with Gasteiger partial charge in [0.1, 0.15) is 11.4 Å². The summed E-state index contributed by atoms with van der Waals surface area (Å²) in [6.45, 7) is 0. The van der Waals surface area contributed by atoms with E-state index in [9.17, 15) is 0 Å². The summed E-state index contributed by atoms with van der Waals surface area (Å²) < 4.78 is 0. The maximum atomic E-state index is 3.87. The van der Waals surface area contributed by atoms with E-state index in [-0.39, 0.29) is 0 Å². The van der Waals surface area contributed by atoms with Crippen LogP contribution in [0.25, 0.3) is 11.4 Å². The molecule has 0 aromatic carbocycles. The Morgan fingerprint density at radius 3 is 2.42 bits per heavy atom. The molecule has 0 amide bonds. The molecule has 2 rings (SSSR count). The van der Waals surface area contributed by atoms with Crippen molar-refractivity contribution in [3.05, 3.63) is 30.6 Å². The lowest BCUT2D eigenvalue weighted by Gasteiger charge is -1.93. The Bertz CT molecular complexity index is 309. The van der Waals surface area contributed by atoms with Crippen molar-refractivity contribution in [2.75, 3.05) is 0 Å². The first-order valence-corrected chi connectivity index (χ1v) is 3.39. The average molecular weight is 159 g/mol. The van der Waals surface area contributed by atoms with Crippen molar-refractivity contribution in [3.63, 3.8) is 0 Å². The minimum Gasteiger partial charge on any atom is -0.158 e. The van der Waals surface area contributed by atoms with E-state index in [0.29, 0.717) is 11.4 Å². The summed E-state index contributed by atoms with van der Waals surface area (Å²) in [4.78, 5) is 0. The van der Waals surface area contributed by atoms with Crippen LogP contribution in [0.15, 0.2) is 30.6 Å². The third kappa shape index (κ3) is 1.24. The number of nitrogens with zero attached hydrogens (tertiary/aromatic N) is 5. The van der Waals surface area contributed by atoms with Crippen molar-refractivity contribution in [1.29, 1.82) is 0 Å². The smallest absolute Gasteiger partial charge is 0.117 e. The SMILES string of the molecule is c1cnnc(-c2ccnnn2)c1. The molecule has 0 atom stereocenters. The Balaban J connectivity index is 2.46. The Kier molecular flexibility index (Phi) is 1.69. The van der Waals surface area contributed by atoms with E-state index < -0.39 is 0 Å². The van der Waals surface area contributed by atoms with E-state index in [0.717, 1.165) is 0 Å². The molecule has 12 heavy (non-hydrogen) atoms. The molecular weight excluding hydrogens is 154 g/mol. The van der Waals surface area contributed by atoms with Crippen molar-refractivity contribution < 1.29 is 0 Å². The largest absolute Gasteiger partial charge is 0.158 e. The lowest BCUT2D eigenvalue weighted by atomic mass is 10.3. The van der Waals surface area contributed by atoms with Crippen molar-refractivity contribution in [2.45, 2.75) is 0 Å². The van der Waals surface area contributed by atoms with Crippen LogP contribution in [0.4, 0.5) is 0 Å². The second-order valence-corrected chi connectivity index (χ2v) is 2.11. The molecule has 0 fully saturated rings. The van der Waals surface area contributed by atoms with Gasteiger partial charge in [0.2, 0.25) is 0 Å². The molecule has 0 radical (unpaired) electrons. The molecular formula is C7H5N5. The summed E-state index contributed by atoms with van der Waals surface area (Å²) in [6.07, 6.45) is 3.18. The molecule has 0 bridgehead atoms. The summed E-state index contributed by atoms with van der Waals surface area (Å²) in [5.41, 5.74) is 1.38. The fraction of sp³-hybridized carbons (Fsp3) is 0. The van der Waals surface area contributed by atoms with Gasteiger partial charge in [-0.3, -0.25) is 0 Å². The zero-order valence-corrected chi connectivity index (χ0v) is 6.12. The van der Waals surface area contributed by atoms with Crippen molar-refractivity contribution in [3.8, 4) is 11.4 Å². The fourth-order valence-electron chi connectivity index (χ4n) is 0.816. The molecule has 0 aliphatic carbocycles. The van der Waals surface area contributed by atoms with Gasteiger partial charge >= 0.3 is 0 Å². The van der Waals surface area contributed by atoms with Crippen LogP contribution >= 0.6 is 0 Å². The van der Waals surface area contributed by atoms with Gasteiger partial charge in [0, 0.05) is 6.20 Å². The summed E-state index contributed by atoms with van der Waals surface area (Å²) in [5.74, 6) is 0. The Morgan fingerprint density at radius 1 is 0.833 bits per heavy atom. The first-order chi connectivity index (χ1) is 5.97. The number of hydrogen-bond acceptors (Lipinski definition) is 5. The standard InChI is InChI=1S/C7H5N5/c1-2-6(10-8-4-1)7-3-5-9-12-11-7/h1-5H. The van der Waals surface area contributed by atoms with Crippen LogP contribution in [0.2, 0.25) is 0 Å². The van der Waals surface area contributed by atoms with Crippen LogP contribution in [0, 0.1) is 0 Å². The number of hydrogen-bond donors (Lipinski definition) is 0. The molecule has 0 unspecified atom stereocenters. The molecule has 0 N–H and O–H groups in total. The molecule has 2 heterocycles. The first-order valence-electron chi connectivity index (χ1n) is 3.39. The third-order valence-electron chi connectivity index (χ3n) is 1.34. The van der Waals surface area contributed by atoms with Crippen LogP contribution in [0.1, 0.15) is 0 Å². The minimum atomic E-state index is 0.679. The van der Waals surface area contributed by atoms with Crippen molar-refractivity contribution in [1.82, 2.24) is 25.6 Å². The average Bonchev–Trinajstić information content (AvgIpc) is 2.21. The van der Waals surface area contributed by atoms with Gasteiger partial charge < -0.3 is 0 Å². The molecule has 0 saturated carbocycles. The highest BCUT2D eigenvalue weighted by atomic mass is 15.3. The highest BCUT2D eigenvalue weighted by Crippen LogP contribution is 2.08. The topological polar surface area (TPSA) is 64.5 Å². The van der Waals surface area contributed by atoms with Crippen LogP contribution in [0.3, 0.4) is 0 Å². The third-order valence-corrected chi connectivity index (χ3v) is 1.34. The quantitative estimate of drug-likeness (QED) is 0.599. The van der Waals surface area contributed by atoms with Crippen LogP contribution in [-0.4, -0.2) is 25.6 Å². The van der Waals surface area contributed by atoms with Gasteiger partial charge in [0.05, 0.1) is 6.20 Å². The molecule has 58 valence electrons. The van der Waals surface area contributed by atoms with E-state index in [2.05, 4.69) is 25.6 Å². The molecule has 0 saturated heterocycles. The van der Waals surface area contributed by atoms with E-state index >= 15 is 0 Å². The molecule has 0 spiro atoms. The predicted octanol–water partition coefficient (Wildman–Crippen LogP) is 0.329.